The van der Waals surface area contributed by atoms with Crippen molar-refractivity contribution in [2.45, 2.75) is 140 Å². The highest BCUT2D eigenvalue weighted by molar-refractivity contribution is 6.14. The number of aromatic nitrogens is 6. The van der Waals surface area contributed by atoms with E-state index in [1.807, 2.05) is 86.2 Å². The van der Waals surface area contributed by atoms with Crippen molar-refractivity contribution in [3.05, 3.63) is 229 Å². The molecule has 4 unspecified atom stereocenters. The molecule has 0 fully saturated rings. The Morgan fingerprint density at radius 3 is 0.991 bits per heavy atom. The van der Waals surface area contributed by atoms with Crippen molar-refractivity contribution in [2.75, 3.05) is 46.2 Å². The first-order chi connectivity index (χ1) is 51.4. The van der Waals surface area contributed by atoms with E-state index in [0.29, 0.717) is 18.1 Å². The van der Waals surface area contributed by atoms with Crippen molar-refractivity contribution in [2.24, 2.45) is 0 Å². The summed E-state index contributed by atoms with van der Waals surface area (Å²) in [6.07, 6.45) is 11.3. The Labute approximate surface area is 616 Å². The highest BCUT2D eigenvalue weighted by atomic mass is 16.3. The fourth-order valence-electron chi connectivity index (χ4n) is 16.9. The molecule has 20 rings (SSSR count). The first kappa shape index (κ1) is 67.0. The smallest absolute Gasteiger partial charge is 0.178 e. The zero-order chi connectivity index (χ0) is 73.2. The minimum absolute atomic E-state index is 0.0971. The highest BCUT2D eigenvalue weighted by Crippen LogP contribution is 2.53. The van der Waals surface area contributed by atoms with Gasteiger partial charge in [0.05, 0.1) is 34.1 Å². The summed E-state index contributed by atoms with van der Waals surface area (Å²) in [5.41, 5.74) is 18.8. The average Bonchev–Trinajstić information content (AvgIpc) is 1.59. The van der Waals surface area contributed by atoms with Crippen LogP contribution in [0.4, 0.5) is 69.0 Å². The molecule has 0 bridgehead atoms. The van der Waals surface area contributed by atoms with E-state index in [0.717, 1.165) is 162 Å². The number of anilines is 12. The quantitative estimate of drug-likeness (QED) is 0.148. The molecule has 4 atom stereocenters. The summed E-state index contributed by atoms with van der Waals surface area (Å²) in [4.78, 5) is 46.3. The van der Waals surface area contributed by atoms with Gasteiger partial charge in [0.25, 0.3) is 0 Å². The molecule has 18 nitrogen and oxygen atoms in total. The van der Waals surface area contributed by atoms with Gasteiger partial charge in [-0.2, -0.15) is 0 Å². The number of hydrogen-bond acceptors (Lipinski definition) is 18. The van der Waals surface area contributed by atoms with E-state index in [9.17, 15) is 0 Å². The van der Waals surface area contributed by atoms with Crippen LogP contribution < -0.4 is 39.2 Å². The third-order valence-electron chi connectivity index (χ3n) is 21.7. The summed E-state index contributed by atoms with van der Waals surface area (Å²) in [6, 6.07) is 59.6. The van der Waals surface area contributed by atoms with E-state index in [-0.39, 0.29) is 24.7 Å². The molecule has 8 aromatic carbocycles. The Balaban J connectivity index is 0.000000104. The molecule has 106 heavy (non-hydrogen) atoms. The van der Waals surface area contributed by atoms with Gasteiger partial charge in [-0.3, -0.25) is 9.80 Å². The number of furan rings is 4. The van der Waals surface area contributed by atoms with Gasteiger partial charge in [-0.25, -0.2) is 29.9 Å². The van der Waals surface area contributed by atoms with E-state index in [2.05, 4.69) is 259 Å². The van der Waals surface area contributed by atoms with E-state index in [1.165, 1.54) is 16.8 Å². The van der Waals surface area contributed by atoms with Crippen LogP contribution in [0.3, 0.4) is 0 Å². The van der Waals surface area contributed by atoms with Crippen molar-refractivity contribution in [3.63, 3.8) is 0 Å². The molecular formula is C88H86N14O4. The lowest BCUT2D eigenvalue weighted by Gasteiger charge is -2.33. The second-order valence-corrected chi connectivity index (χ2v) is 29.0. The summed E-state index contributed by atoms with van der Waals surface area (Å²) >= 11 is 0. The average molecular weight is 1400 g/mol. The van der Waals surface area contributed by atoms with Gasteiger partial charge in [0.1, 0.15) is 47.0 Å². The molecular weight excluding hydrogens is 1320 g/mol. The zero-order valence-corrected chi connectivity index (χ0v) is 62.6. The van der Waals surface area contributed by atoms with Crippen LogP contribution in [0.5, 0.6) is 0 Å². The molecule has 0 radical (unpaired) electrons. The third kappa shape index (κ3) is 10.6. The van der Waals surface area contributed by atoms with E-state index in [1.54, 1.807) is 24.8 Å². The summed E-state index contributed by atoms with van der Waals surface area (Å²) in [6.45, 7) is 30.6. The van der Waals surface area contributed by atoms with Crippen LogP contribution in [0, 0.1) is 27.7 Å². The number of pyridine rings is 2. The van der Waals surface area contributed by atoms with E-state index >= 15 is 0 Å². The van der Waals surface area contributed by atoms with Crippen LogP contribution in [0.1, 0.15) is 91.5 Å². The summed E-state index contributed by atoms with van der Waals surface area (Å²) in [5.74, 6) is 5.60. The van der Waals surface area contributed by atoms with Crippen LogP contribution in [-0.4, -0.2) is 79.7 Å². The molecule has 0 aliphatic carbocycles. The molecule has 0 N–H and O–H groups in total. The number of benzene rings is 8. The number of para-hydroxylation sites is 4. The van der Waals surface area contributed by atoms with Gasteiger partial charge in [-0.1, -0.05) is 121 Å². The molecule has 8 aromatic heterocycles. The standard InChI is InChI=1S/2C23H23N3O.C22H22N4O.C20H18N4O/c1-14(2)25-16(4)26(19-9-7-13-24-23(19)25)21-15(3)11-12-18-17-8-5-6-10-20(17)27-22(18)21;1-14(2)25-16(4)26(23-19(25)9-7-13-24-23)21-15(3)11-12-18-17-8-5-6-10-20(17)27-22(18)21;1-13(2)25-15(4)26(22-21(25)23-11-12-24-22)19-14(3)9-10-17-16-7-5-6-8-18(16)27-20(17)19;1-12-8-9-15-14-6-4-5-7-16(14)25-18(15)17(12)24-13(2)23(3)19-20(24)22-11-10-21-19/h2*5-14,16H,1-4H3;5-13,15H,1-4H3;4-11,13H,1-3H3. The van der Waals surface area contributed by atoms with Gasteiger partial charge >= 0.3 is 0 Å². The van der Waals surface area contributed by atoms with Crippen LogP contribution in [0.2, 0.25) is 0 Å². The Morgan fingerprint density at radius 1 is 0.274 bits per heavy atom. The van der Waals surface area contributed by atoms with Crippen molar-refractivity contribution in [1.82, 2.24) is 29.9 Å². The Bertz CT molecular complexity index is 5630. The monoisotopic (exact) mass is 1400 g/mol. The summed E-state index contributed by atoms with van der Waals surface area (Å²) in [5, 5.41) is 9.16. The van der Waals surface area contributed by atoms with Crippen LogP contribution >= 0.6 is 0 Å². The van der Waals surface area contributed by atoms with Gasteiger partial charge < -0.3 is 47.1 Å². The largest absolute Gasteiger partial charge is 0.454 e. The second kappa shape index (κ2) is 26.2. The topological polar surface area (TPSA) is 156 Å². The molecule has 0 saturated carbocycles. The SMILES string of the molecule is Cc1ccc2c(oc3ccccc32)c1N1c2cccnc2N(C(C)C)C1C.Cc1ccc2c(oc3ccccc32)c1N1c2ncccc2N(C(C)C)C1C.Cc1ccc2c(oc3ccccc32)c1N1c2nccnc2N(C(C)C)C1C.Cc1ccc2c(oc3ccccc32)c1N1c2nccnc2N(C)C1C. The van der Waals surface area contributed by atoms with Gasteiger partial charge in [0, 0.05) is 105 Å². The Hall–Kier alpha value is -12.2. The number of fused-ring (bicyclic) bond motifs is 16. The Kier molecular flexibility index (Phi) is 16.6. The molecule has 0 saturated heterocycles. The lowest BCUT2D eigenvalue weighted by atomic mass is 10.1. The lowest BCUT2D eigenvalue weighted by Crippen LogP contribution is -2.42. The number of nitrogens with zero attached hydrogens (tertiary/aromatic N) is 14. The molecule has 532 valence electrons. The predicted octanol–water partition coefficient (Wildman–Crippen LogP) is 22.0. The molecule has 16 aromatic rings. The maximum atomic E-state index is 6.36. The molecule has 0 spiro atoms. The van der Waals surface area contributed by atoms with Crippen molar-refractivity contribution in [1.29, 1.82) is 0 Å². The minimum Gasteiger partial charge on any atom is -0.454 e. The van der Waals surface area contributed by atoms with Gasteiger partial charge in [0.2, 0.25) is 0 Å². The molecule has 12 heterocycles. The fourth-order valence-corrected chi connectivity index (χ4v) is 16.9. The van der Waals surface area contributed by atoms with Crippen LogP contribution in [-0.2, 0) is 0 Å². The number of rotatable bonds is 7. The lowest BCUT2D eigenvalue weighted by molar-refractivity contribution is 0.598. The first-order valence-corrected chi connectivity index (χ1v) is 36.8. The predicted molar refractivity (Wildman–Crippen MR) is 434 cm³/mol. The number of hydrogen-bond donors (Lipinski definition) is 0. The van der Waals surface area contributed by atoms with Gasteiger partial charge in [-0.15, -0.1) is 0 Å². The normalized spacial score (nSPS) is 16.7. The maximum absolute atomic E-state index is 6.36. The van der Waals surface area contributed by atoms with Crippen molar-refractivity contribution in [3.8, 4) is 0 Å². The van der Waals surface area contributed by atoms with Crippen LogP contribution in [0.25, 0.3) is 87.8 Å². The Morgan fingerprint density at radius 2 is 0.575 bits per heavy atom. The molecule has 18 heteroatoms. The van der Waals surface area contributed by atoms with Gasteiger partial charge in [-0.05, 0) is 168 Å². The molecule has 0 amide bonds. The molecule has 4 aliphatic rings. The summed E-state index contributed by atoms with van der Waals surface area (Å²) < 4.78 is 25.3. The third-order valence-corrected chi connectivity index (χ3v) is 21.7. The minimum atomic E-state index is 0.0971. The molecule has 4 aliphatic heterocycles. The first-order valence-electron chi connectivity index (χ1n) is 36.8. The fraction of sp³-hybridized carbons (Fsp3) is 0.250. The summed E-state index contributed by atoms with van der Waals surface area (Å²) in [7, 11) is 2.05. The van der Waals surface area contributed by atoms with Crippen molar-refractivity contribution >= 4 is 157 Å². The van der Waals surface area contributed by atoms with Gasteiger partial charge in [0.15, 0.2) is 57.2 Å². The van der Waals surface area contributed by atoms with Crippen molar-refractivity contribution < 1.29 is 17.7 Å². The van der Waals surface area contributed by atoms with E-state index < -0.39 is 0 Å². The number of aryl methyl sites for hydroxylation is 4. The van der Waals surface area contributed by atoms with E-state index in [4.69, 9.17) is 27.6 Å². The second-order valence-electron chi connectivity index (χ2n) is 29.0. The maximum Gasteiger partial charge on any atom is 0.178 e. The van der Waals surface area contributed by atoms with Crippen LogP contribution in [0.15, 0.2) is 225 Å². The zero-order valence-electron chi connectivity index (χ0n) is 62.6. The highest BCUT2D eigenvalue weighted by Gasteiger charge is 2.43.